The molecule has 2 aromatic rings. The van der Waals surface area contributed by atoms with Gasteiger partial charge in [0, 0.05) is 0 Å². The Kier molecular flexibility index (Phi) is 2.20. The number of carbonyl (C=O) groups is 1. The minimum Gasteiger partial charge on any atom is -0.478 e. The number of carboxylic acid groups (broad SMARTS) is 1. The molecule has 0 saturated heterocycles. The number of rotatable bonds is 1. The molecule has 1 aromatic carbocycles. The highest BCUT2D eigenvalue weighted by molar-refractivity contribution is 9.11. The summed E-state index contributed by atoms with van der Waals surface area (Å²) in [4.78, 5) is 10.7. The molecule has 3 nitrogen and oxygen atoms in total. The molecule has 2 rings (SSSR count). The number of halogens is 1. The molecule has 72 valence electrons. The van der Waals surface area contributed by atoms with Crippen LogP contribution in [0.25, 0.3) is 10.1 Å². The number of thiophene rings is 1. The molecule has 0 unspecified atom stereocenters. The van der Waals surface area contributed by atoms with Crippen LogP contribution in [0.15, 0.2) is 22.0 Å². The zero-order valence-corrected chi connectivity index (χ0v) is 9.35. The van der Waals surface area contributed by atoms with Crippen molar-refractivity contribution >= 4 is 49.0 Å². The van der Waals surface area contributed by atoms with Crippen LogP contribution < -0.4 is 5.73 Å². The Morgan fingerprint density at radius 2 is 2.14 bits per heavy atom. The number of fused-ring (bicyclic) bond motifs is 1. The molecule has 0 fully saturated rings. The van der Waals surface area contributed by atoms with Crippen LogP contribution in [0.4, 0.5) is 5.69 Å². The third-order valence-corrected chi connectivity index (χ3v) is 3.56. The molecule has 0 atom stereocenters. The van der Waals surface area contributed by atoms with Crippen molar-refractivity contribution in [2.45, 2.75) is 0 Å². The second-order valence-corrected chi connectivity index (χ2v) is 5.27. The molecule has 0 radical (unpaired) electrons. The van der Waals surface area contributed by atoms with Gasteiger partial charge in [-0.25, -0.2) is 4.79 Å². The Balaban J connectivity index is 2.77. The Hall–Kier alpha value is -1.07. The number of carboxylic acids is 1. The van der Waals surface area contributed by atoms with Crippen LogP contribution in [0.3, 0.4) is 0 Å². The minimum absolute atomic E-state index is 0.223. The van der Waals surface area contributed by atoms with Gasteiger partial charge in [0.15, 0.2) is 0 Å². The maximum Gasteiger partial charge on any atom is 0.335 e. The lowest BCUT2D eigenvalue weighted by molar-refractivity contribution is 0.0697. The quantitative estimate of drug-likeness (QED) is 0.784. The van der Waals surface area contributed by atoms with Gasteiger partial charge < -0.3 is 10.8 Å². The summed E-state index contributed by atoms with van der Waals surface area (Å²) in [5.74, 6) is -0.957. The van der Waals surface area contributed by atoms with Crippen LogP contribution >= 0.6 is 27.3 Å². The summed E-state index contributed by atoms with van der Waals surface area (Å²) in [7, 11) is 0. The first-order chi connectivity index (χ1) is 6.58. The Morgan fingerprint density at radius 1 is 1.43 bits per heavy atom. The second-order valence-electron chi connectivity index (χ2n) is 2.84. The zero-order chi connectivity index (χ0) is 10.3. The van der Waals surface area contributed by atoms with Crippen molar-refractivity contribution in [3.8, 4) is 0 Å². The van der Waals surface area contributed by atoms with Gasteiger partial charge in [-0.1, -0.05) is 0 Å². The number of benzene rings is 1. The van der Waals surface area contributed by atoms with Crippen molar-refractivity contribution in [1.29, 1.82) is 0 Å². The summed E-state index contributed by atoms with van der Waals surface area (Å²) in [5.41, 5.74) is 6.47. The molecule has 0 saturated carbocycles. The van der Waals surface area contributed by atoms with E-state index in [1.54, 1.807) is 6.07 Å². The standard InChI is InChI=1S/C9H6BrNO2S/c10-7-3-4-1-5(9(12)13)2-6(11)8(4)14-7/h1-3H,11H2,(H,12,13). The van der Waals surface area contributed by atoms with Crippen molar-refractivity contribution in [2.24, 2.45) is 0 Å². The third-order valence-electron chi connectivity index (χ3n) is 1.86. The van der Waals surface area contributed by atoms with Crippen LogP contribution in [0.5, 0.6) is 0 Å². The summed E-state index contributed by atoms with van der Waals surface area (Å²) in [6.07, 6.45) is 0. The molecular formula is C9H6BrNO2S. The SMILES string of the molecule is Nc1cc(C(=O)O)cc2cc(Br)sc12. The van der Waals surface area contributed by atoms with Crippen LogP contribution in [0.1, 0.15) is 10.4 Å². The largest absolute Gasteiger partial charge is 0.478 e. The summed E-state index contributed by atoms with van der Waals surface area (Å²) in [5, 5.41) is 9.67. The highest BCUT2D eigenvalue weighted by Gasteiger charge is 2.09. The molecule has 1 heterocycles. The number of hydrogen-bond donors (Lipinski definition) is 2. The van der Waals surface area contributed by atoms with Crippen molar-refractivity contribution in [2.75, 3.05) is 5.73 Å². The molecular weight excluding hydrogens is 266 g/mol. The average Bonchev–Trinajstić information content (AvgIpc) is 2.45. The van der Waals surface area contributed by atoms with E-state index in [2.05, 4.69) is 15.9 Å². The monoisotopic (exact) mass is 271 g/mol. The second kappa shape index (κ2) is 3.25. The smallest absolute Gasteiger partial charge is 0.335 e. The van der Waals surface area contributed by atoms with Gasteiger partial charge in [0.1, 0.15) is 0 Å². The maximum atomic E-state index is 10.7. The van der Waals surface area contributed by atoms with Gasteiger partial charge in [-0.2, -0.15) is 0 Å². The van der Waals surface area contributed by atoms with E-state index >= 15 is 0 Å². The third kappa shape index (κ3) is 1.49. The Bertz CT molecular complexity index is 521. The van der Waals surface area contributed by atoms with Crippen LogP contribution in [0.2, 0.25) is 0 Å². The highest BCUT2D eigenvalue weighted by Crippen LogP contribution is 2.34. The number of aromatic carboxylic acids is 1. The van der Waals surface area contributed by atoms with Crippen LogP contribution in [0, 0.1) is 0 Å². The highest BCUT2D eigenvalue weighted by atomic mass is 79.9. The number of nitrogen functional groups attached to an aromatic ring is 1. The molecule has 0 aliphatic heterocycles. The van der Waals surface area contributed by atoms with Crippen molar-refractivity contribution in [1.82, 2.24) is 0 Å². The molecule has 14 heavy (non-hydrogen) atoms. The lowest BCUT2D eigenvalue weighted by Gasteiger charge is -1.98. The topological polar surface area (TPSA) is 63.3 Å². The van der Waals surface area contributed by atoms with Gasteiger partial charge in [0.25, 0.3) is 0 Å². The van der Waals surface area contributed by atoms with E-state index in [0.717, 1.165) is 13.9 Å². The van der Waals surface area contributed by atoms with E-state index in [9.17, 15) is 4.79 Å². The average molecular weight is 272 g/mol. The predicted molar refractivity (Wildman–Crippen MR) is 60.9 cm³/mol. The molecule has 0 bridgehead atoms. The van der Waals surface area contributed by atoms with Gasteiger partial charge in [0.05, 0.1) is 19.7 Å². The fourth-order valence-corrected chi connectivity index (χ4v) is 2.80. The number of nitrogens with two attached hydrogens (primary N) is 1. The molecule has 5 heteroatoms. The van der Waals surface area contributed by atoms with E-state index in [1.165, 1.54) is 17.4 Å². The predicted octanol–water partition coefficient (Wildman–Crippen LogP) is 2.94. The van der Waals surface area contributed by atoms with Gasteiger partial charge in [0.2, 0.25) is 0 Å². The fraction of sp³-hybridized carbons (Fsp3) is 0. The number of hydrogen-bond acceptors (Lipinski definition) is 3. The van der Waals surface area contributed by atoms with Crippen LogP contribution in [-0.4, -0.2) is 11.1 Å². The first kappa shape index (κ1) is 9.48. The van der Waals surface area contributed by atoms with E-state index < -0.39 is 5.97 Å². The molecule has 3 N–H and O–H groups in total. The summed E-state index contributed by atoms with van der Waals surface area (Å²) in [6.45, 7) is 0. The van der Waals surface area contributed by atoms with Gasteiger partial charge in [-0.05, 0) is 39.5 Å². The van der Waals surface area contributed by atoms with Gasteiger partial charge in [-0.3, -0.25) is 0 Å². The van der Waals surface area contributed by atoms with Crippen molar-refractivity contribution in [3.63, 3.8) is 0 Å². The molecule has 0 aliphatic carbocycles. The first-order valence-corrected chi connectivity index (χ1v) is 5.41. The number of anilines is 1. The Labute approximate surface area is 92.3 Å². The minimum atomic E-state index is -0.957. The summed E-state index contributed by atoms with van der Waals surface area (Å²) < 4.78 is 1.86. The van der Waals surface area contributed by atoms with E-state index in [1.807, 2.05) is 6.07 Å². The van der Waals surface area contributed by atoms with Crippen molar-refractivity contribution in [3.05, 3.63) is 27.5 Å². The lowest BCUT2D eigenvalue weighted by Crippen LogP contribution is -1.97. The molecule has 0 spiro atoms. The normalized spacial score (nSPS) is 10.6. The van der Waals surface area contributed by atoms with E-state index in [-0.39, 0.29) is 5.56 Å². The maximum absolute atomic E-state index is 10.7. The first-order valence-electron chi connectivity index (χ1n) is 3.80. The molecule has 1 aromatic heterocycles. The summed E-state index contributed by atoms with van der Waals surface area (Å²) >= 11 is 4.83. The molecule has 0 amide bonds. The van der Waals surface area contributed by atoms with E-state index in [4.69, 9.17) is 10.8 Å². The Morgan fingerprint density at radius 3 is 2.79 bits per heavy atom. The van der Waals surface area contributed by atoms with Gasteiger partial charge in [-0.15, -0.1) is 11.3 Å². The fourth-order valence-electron chi connectivity index (χ4n) is 1.27. The zero-order valence-electron chi connectivity index (χ0n) is 6.95. The summed E-state index contributed by atoms with van der Waals surface area (Å²) in [6, 6.07) is 4.96. The van der Waals surface area contributed by atoms with Crippen molar-refractivity contribution < 1.29 is 9.90 Å². The molecule has 0 aliphatic rings. The lowest BCUT2D eigenvalue weighted by atomic mass is 10.1. The van der Waals surface area contributed by atoms with Gasteiger partial charge >= 0.3 is 5.97 Å². The van der Waals surface area contributed by atoms with Crippen LogP contribution in [-0.2, 0) is 0 Å². The van der Waals surface area contributed by atoms with E-state index in [0.29, 0.717) is 5.69 Å².